The molecule has 0 aliphatic heterocycles. The molecule has 19 heavy (non-hydrogen) atoms. The minimum absolute atomic E-state index is 0.148. The highest BCUT2D eigenvalue weighted by atomic mass is 79.9. The molecule has 1 nitrogen and oxygen atoms in total. The molecular formula is C12H7Br2F3OS. The lowest BCUT2D eigenvalue weighted by atomic mass is 10.0. The summed E-state index contributed by atoms with van der Waals surface area (Å²) in [5, 5.41) is 10.1. The highest BCUT2D eigenvalue weighted by molar-refractivity contribution is 9.11. The Morgan fingerprint density at radius 1 is 1.11 bits per heavy atom. The van der Waals surface area contributed by atoms with Crippen LogP contribution in [0.25, 0.3) is 0 Å². The summed E-state index contributed by atoms with van der Waals surface area (Å²) < 4.78 is 40.0. The van der Waals surface area contributed by atoms with E-state index in [-0.39, 0.29) is 5.56 Å². The Balaban J connectivity index is 2.50. The van der Waals surface area contributed by atoms with Gasteiger partial charge in [0.1, 0.15) is 6.10 Å². The number of aliphatic hydroxyl groups excluding tert-OH is 1. The average Bonchev–Trinajstić information content (AvgIpc) is 2.74. The topological polar surface area (TPSA) is 20.2 Å². The van der Waals surface area contributed by atoms with Gasteiger partial charge in [0.25, 0.3) is 0 Å². The van der Waals surface area contributed by atoms with Crippen molar-refractivity contribution in [1.82, 2.24) is 0 Å². The lowest BCUT2D eigenvalue weighted by Gasteiger charge is -2.17. The van der Waals surface area contributed by atoms with E-state index >= 15 is 0 Å². The Kier molecular flexibility index (Phi) is 4.39. The van der Waals surface area contributed by atoms with E-state index in [0.717, 1.165) is 9.85 Å². The van der Waals surface area contributed by atoms with Gasteiger partial charge in [-0.3, -0.25) is 0 Å². The number of hydrogen-bond donors (Lipinski definition) is 1. The number of benzene rings is 1. The van der Waals surface area contributed by atoms with E-state index in [1.165, 1.54) is 23.5 Å². The zero-order valence-corrected chi connectivity index (χ0v) is 13.2. The van der Waals surface area contributed by atoms with Crippen LogP contribution in [0.1, 0.15) is 22.1 Å². The second-order valence-corrected chi connectivity index (χ2v) is 7.18. The fourth-order valence-corrected chi connectivity index (χ4v) is 3.43. The van der Waals surface area contributed by atoms with Crippen molar-refractivity contribution < 1.29 is 18.3 Å². The molecule has 7 heteroatoms. The largest absolute Gasteiger partial charge is 0.416 e. The van der Waals surface area contributed by atoms with Crippen LogP contribution >= 0.6 is 43.2 Å². The monoisotopic (exact) mass is 414 g/mol. The van der Waals surface area contributed by atoms with Crippen LogP contribution in [0.2, 0.25) is 0 Å². The molecule has 0 amide bonds. The molecule has 1 N–H and O–H groups in total. The molecule has 102 valence electrons. The molecule has 1 heterocycles. The summed E-state index contributed by atoms with van der Waals surface area (Å²) in [4.78, 5) is 0.458. The number of hydrogen-bond acceptors (Lipinski definition) is 2. The smallest absolute Gasteiger partial charge is 0.383 e. The SMILES string of the molecule is OC(c1ccc(Br)s1)c1ccc(Br)cc1C(F)(F)F. The molecule has 0 radical (unpaired) electrons. The molecule has 1 aromatic carbocycles. The summed E-state index contributed by atoms with van der Waals surface area (Å²) in [6.07, 6.45) is -5.80. The van der Waals surface area contributed by atoms with Gasteiger partial charge in [0.05, 0.1) is 9.35 Å². The fourth-order valence-electron chi connectivity index (χ4n) is 1.64. The first kappa shape index (κ1) is 15.0. The van der Waals surface area contributed by atoms with E-state index in [2.05, 4.69) is 31.9 Å². The molecule has 1 aromatic heterocycles. The van der Waals surface area contributed by atoms with Crippen molar-refractivity contribution in [2.75, 3.05) is 0 Å². The standard InChI is InChI=1S/C12H7Br2F3OS/c13-6-1-2-7(8(5-6)12(15,16)17)11(18)9-3-4-10(14)19-9/h1-5,11,18H. The Morgan fingerprint density at radius 3 is 2.32 bits per heavy atom. The fraction of sp³-hybridized carbons (Fsp3) is 0.167. The minimum atomic E-state index is -4.51. The van der Waals surface area contributed by atoms with E-state index in [1.54, 1.807) is 12.1 Å². The maximum atomic E-state index is 13.0. The van der Waals surface area contributed by atoms with Crippen LogP contribution in [-0.4, -0.2) is 5.11 Å². The second kappa shape index (κ2) is 5.55. The molecule has 0 aliphatic rings. The van der Waals surface area contributed by atoms with Gasteiger partial charge in [-0.25, -0.2) is 0 Å². The van der Waals surface area contributed by atoms with Crippen molar-refractivity contribution in [3.63, 3.8) is 0 Å². The van der Waals surface area contributed by atoms with Gasteiger partial charge in [-0.1, -0.05) is 22.0 Å². The van der Waals surface area contributed by atoms with Crippen LogP contribution in [0.15, 0.2) is 38.6 Å². The molecule has 0 bridgehead atoms. The highest BCUT2D eigenvalue weighted by Crippen LogP contribution is 2.39. The first-order valence-corrected chi connectivity index (χ1v) is 7.49. The summed E-state index contributed by atoms with van der Waals surface area (Å²) in [6.45, 7) is 0. The van der Waals surface area contributed by atoms with E-state index < -0.39 is 17.8 Å². The number of rotatable bonds is 2. The lowest BCUT2D eigenvalue weighted by molar-refractivity contribution is -0.139. The van der Waals surface area contributed by atoms with Gasteiger partial charge >= 0.3 is 6.18 Å². The molecule has 0 aliphatic carbocycles. The summed E-state index contributed by atoms with van der Waals surface area (Å²) >= 11 is 7.43. The first-order valence-electron chi connectivity index (χ1n) is 5.09. The van der Waals surface area contributed by atoms with Gasteiger partial charge in [-0.15, -0.1) is 11.3 Å². The van der Waals surface area contributed by atoms with Gasteiger partial charge in [0, 0.05) is 9.35 Å². The maximum absolute atomic E-state index is 13.0. The third kappa shape index (κ3) is 3.39. The molecule has 0 spiro atoms. The van der Waals surface area contributed by atoms with Crippen LogP contribution in [0.4, 0.5) is 13.2 Å². The van der Waals surface area contributed by atoms with Crippen LogP contribution in [0.3, 0.4) is 0 Å². The molecule has 1 atom stereocenters. The average molecular weight is 416 g/mol. The second-order valence-electron chi connectivity index (χ2n) is 3.77. The zero-order chi connectivity index (χ0) is 14.2. The van der Waals surface area contributed by atoms with Gasteiger partial charge < -0.3 is 5.11 Å². The molecule has 0 fully saturated rings. The van der Waals surface area contributed by atoms with E-state index in [4.69, 9.17) is 0 Å². The van der Waals surface area contributed by atoms with Gasteiger partial charge in [-0.2, -0.15) is 13.2 Å². The van der Waals surface area contributed by atoms with Crippen molar-refractivity contribution in [2.24, 2.45) is 0 Å². The van der Waals surface area contributed by atoms with Crippen molar-refractivity contribution >= 4 is 43.2 Å². The third-order valence-corrected chi connectivity index (χ3v) is 4.65. The number of aliphatic hydroxyl groups is 1. The van der Waals surface area contributed by atoms with E-state index in [0.29, 0.717) is 9.35 Å². The van der Waals surface area contributed by atoms with Crippen molar-refractivity contribution in [3.05, 3.63) is 54.6 Å². The van der Waals surface area contributed by atoms with Gasteiger partial charge in [-0.05, 0) is 45.8 Å². The number of thiophene rings is 1. The van der Waals surface area contributed by atoms with Crippen molar-refractivity contribution in [2.45, 2.75) is 12.3 Å². The predicted octanol–water partition coefficient (Wildman–Crippen LogP) is 5.37. The van der Waals surface area contributed by atoms with Crippen LogP contribution in [-0.2, 0) is 6.18 Å². The summed E-state index contributed by atoms with van der Waals surface area (Å²) in [5.74, 6) is 0. The minimum Gasteiger partial charge on any atom is -0.383 e. The Labute approximate surface area is 128 Å². The highest BCUT2D eigenvalue weighted by Gasteiger charge is 2.35. The van der Waals surface area contributed by atoms with Crippen molar-refractivity contribution in [1.29, 1.82) is 0 Å². The molecule has 2 rings (SSSR count). The van der Waals surface area contributed by atoms with Crippen LogP contribution in [0, 0.1) is 0 Å². The van der Waals surface area contributed by atoms with Gasteiger partial charge in [0.2, 0.25) is 0 Å². The normalized spacial score (nSPS) is 13.6. The van der Waals surface area contributed by atoms with Gasteiger partial charge in [0.15, 0.2) is 0 Å². The Morgan fingerprint density at radius 2 is 1.79 bits per heavy atom. The molecule has 0 saturated heterocycles. The number of halogens is 5. The first-order chi connectivity index (χ1) is 8.79. The molecular weight excluding hydrogens is 409 g/mol. The lowest BCUT2D eigenvalue weighted by Crippen LogP contribution is -2.12. The Bertz CT molecular complexity index is 595. The summed E-state index contributed by atoms with van der Waals surface area (Å²) in [5.41, 5.74) is -0.982. The van der Waals surface area contributed by atoms with E-state index in [9.17, 15) is 18.3 Å². The summed E-state index contributed by atoms with van der Waals surface area (Å²) in [6, 6.07) is 7.03. The van der Waals surface area contributed by atoms with Crippen LogP contribution in [0.5, 0.6) is 0 Å². The maximum Gasteiger partial charge on any atom is 0.416 e. The Hall–Kier alpha value is -0.370. The molecule has 1 unspecified atom stereocenters. The zero-order valence-electron chi connectivity index (χ0n) is 9.21. The molecule has 2 aromatic rings. The quantitative estimate of drug-likeness (QED) is 0.698. The van der Waals surface area contributed by atoms with Crippen molar-refractivity contribution in [3.8, 4) is 0 Å². The summed E-state index contributed by atoms with van der Waals surface area (Å²) in [7, 11) is 0. The van der Waals surface area contributed by atoms with E-state index in [1.807, 2.05) is 0 Å². The number of alkyl halides is 3. The molecule has 0 saturated carbocycles. The predicted molar refractivity (Wildman–Crippen MR) is 75.2 cm³/mol. The van der Waals surface area contributed by atoms with Crippen LogP contribution < -0.4 is 0 Å². The third-order valence-electron chi connectivity index (χ3n) is 2.48.